The molecule has 0 amide bonds. The highest BCUT2D eigenvalue weighted by Gasteiger charge is 2.18. The Morgan fingerprint density at radius 3 is 1.32 bits per heavy atom. The van der Waals surface area contributed by atoms with Gasteiger partial charge >= 0.3 is 0 Å². The Bertz CT molecular complexity index is 3770. The summed E-state index contributed by atoms with van der Waals surface area (Å²) in [6, 6.07) is 62.6. The number of fused-ring (bicyclic) bond motifs is 12. The van der Waals surface area contributed by atoms with Crippen LogP contribution in [0.3, 0.4) is 0 Å². The Hall–Kier alpha value is -6.98. The van der Waals surface area contributed by atoms with E-state index < -0.39 is 0 Å². The summed E-state index contributed by atoms with van der Waals surface area (Å²) in [4.78, 5) is 0. The maximum atomic E-state index is 4.76. The number of para-hydroxylation sites is 2. The molecule has 0 N–H and O–H groups in total. The van der Waals surface area contributed by atoms with Crippen LogP contribution in [0.1, 0.15) is 6.92 Å². The summed E-state index contributed by atoms with van der Waals surface area (Å²) >= 11 is 3.72. The van der Waals surface area contributed by atoms with Crippen molar-refractivity contribution in [2.45, 2.75) is 6.92 Å². The summed E-state index contributed by atoms with van der Waals surface area (Å²) in [5.74, 6) is 0. The SMILES string of the molecule is C=C(/C=C(\C=C/C)n1c2ccccc2c2cc(-c3ccc4sc5ccccc5c4c3)ccc21)n1c2ccccc2c2cc(-c3ccc4sc5ccccc5c4c3)ccc21. The lowest BCUT2D eigenvalue weighted by atomic mass is 10.0. The standard InChI is InChI=1S/C55H36N2S2/c1-3-12-39(57-49-18-9-5-14-41(49)45-31-36(22-26-51(45)57)38-24-28-55-47(33-38)43-16-7-11-20-53(43)59-55)29-34(2)56-48-17-8-4-13-40(48)44-30-35(21-25-50(44)56)37-23-27-54-46(32-37)42-15-6-10-19-52(42)58-54/h3-33H,2H2,1H3/b12-3-,39-29+. The zero-order valence-electron chi connectivity index (χ0n) is 32.3. The van der Waals surface area contributed by atoms with Crippen LogP contribution in [-0.2, 0) is 0 Å². The normalized spacial score (nSPS) is 12.6. The van der Waals surface area contributed by atoms with E-state index in [0.29, 0.717) is 0 Å². The minimum Gasteiger partial charge on any atom is -0.310 e. The first-order valence-electron chi connectivity index (χ1n) is 20.0. The molecular weight excluding hydrogens is 753 g/mol. The molecule has 8 aromatic carbocycles. The minimum atomic E-state index is 0.905. The predicted molar refractivity (Wildman–Crippen MR) is 260 cm³/mol. The Morgan fingerprint density at radius 2 is 0.797 bits per heavy atom. The number of hydrogen-bond donors (Lipinski definition) is 0. The number of aromatic nitrogens is 2. The number of hydrogen-bond acceptors (Lipinski definition) is 2. The third-order valence-electron chi connectivity index (χ3n) is 12.0. The first-order chi connectivity index (χ1) is 29.1. The number of rotatable bonds is 6. The molecule has 0 radical (unpaired) electrons. The maximum Gasteiger partial charge on any atom is 0.0541 e. The van der Waals surface area contributed by atoms with E-state index in [-0.39, 0.29) is 0 Å². The first kappa shape index (κ1) is 34.1. The second-order valence-electron chi connectivity index (χ2n) is 15.3. The molecule has 278 valence electrons. The van der Waals surface area contributed by atoms with Gasteiger partial charge in [-0.25, -0.2) is 0 Å². The van der Waals surface area contributed by atoms with Crippen LogP contribution in [0.2, 0.25) is 0 Å². The van der Waals surface area contributed by atoms with Gasteiger partial charge in [0.2, 0.25) is 0 Å². The van der Waals surface area contributed by atoms with Crippen LogP contribution >= 0.6 is 22.7 Å². The summed E-state index contributed by atoms with van der Waals surface area (Å²) in [7, 11) is 0. The van der Waals surface area contributed by atoms with Crippen molar-refractivity contribution in [3.05, 3.63) is 195 Å². The summed E-state index contributed by atoms with van der Waals surface area (Å²) < 4.78 is 10.0. The van der Waals surface area contributed by atoms with E-state index in [1.54, 1.807) is 0 Å². The van der Waals surface area contributed by atoms with Crippen molar-refractivity contribution < 1.29 is 0 Å². The fourth-order valence-corrected chi connectivity index (χ4v) is 11.5. The minimum absolute atomic E-state index is 0.905. The molecule has 0 saturated carbocycles. The Labute approximate surface area is 349 Å². The van der Waals surface area contributed by atoms with Gasteiger partial charge in [-0.3, -0.25) is 0 Å². The Morgan fingerprint density at radius 1 is 0.407 bits per heavy atom. The molecular formula is C55H36N2S2. The van der Waals surface area contributed by atoms with Crippen LogP contribution in [0.15, 0.2) is 195 Å². The highest BCUT2D eigenvalue weighted by Crippen LogP contribution is 2.41. The lowest BCUT2D eigenvalue weighted by molar-refractivity contribution is 1.21. The molecule has 2 nitrogen and oxygen atoms in total. The van der Waals surface area contributed by atoms with Gasteiger partial charge in [0.15, 0.2) is 0 Å². The number of benzene rings is 8. The highest BCUT2D eigenvalue weighted by molar-refractivity contribution is 7.26. The van der Waals surface area contributed by atoms with Crippen LogP contribution in [0.25, 0.3) is 118 Å². The van der Waals surface area contributed by atoms with Crippen LogP contribution in [0.5, 0.6) is 0 Å². The van der Waals surface area contributed by atoms with Gasteiger partial charge in [-0.05, 0) is 114 Å². The Balaban J connectivity index is 0.985. The van der Waals surface area contributed by atoms with Gasteiger partial charge in [0.05, 0.1) is 22.1 Å². The third kappa shape index (κ3) is 5.31. The lowest BCUT2D eigenvalue weighted by Crippen LogP contribution is -1.99. The molecule has 0 bridgehead atoms. The molecule has 4 heterocycles. The van der Waals surface area contributed by atoms with Gasteiger partial charge in [0.25, 0.3) is 0 Å². The van der Waals surface area contributed by atoms with E-state index in [4.69, 9.17) is 6.58 Å². The first-order valence-corrected chi connectivity index (χ1v) is 21.7. The molecule has 0 unspecified atom stereocenters. The molecule has 0 atom stereocenters. The highest BCUT2D eigenvalue weighted by atomic mass is 32.1. The smallest absolute Gasteiger partial charge is 0.0541 e. The van der Waals surface area contributed by atoms with Crippen molar-refractivity contribution in [3.8, 4) is 22.3 Å². The zero-order chi connectivity index (χ0) is 39.2. The second kappa shape index (κ2) is 13.3. The molecule has 59 heavy (non-hydrogen) atoms. The molecule has 4 heteroatoms. The monoisotopic (exact) mass is 788 g/mol. The Kier molecular flexibility index (Phi) is 7.68. The maximum absolute atomic E-state index is 4.76. The van der Waals surface area contributed by atoms with Crippen molar-refractivity contribution in [1.82, 2.24) is 9.13 Å². The molecule has 12 rings (SSSR count). The van der Waals surface area contributed by atoms with Crippen molar-refractivity contribution >= 4 is 118 Å². The average molecular weight is 789 g/mol. The van der Waals surface area contributed by atoms with Gasteiger partial charge < -0.3 is 9.13 Å². The fourth-order valence-electron chi connectivity index (χ4n) is 9.30. The average Bonchev–Trinajstić information content (AvgIpc) is 4.03. The number of nitrogens with zero attached hydrogens (tertiary/aromatic N) is 2. The summed E-state index contributed by atoms with van der Waals surface area (Å²) in [5, 5.41) is 10.2. The van der Waals surface area contributed by atoms with Gasteiger partial charge in [0, 0.05) is 73.3 Å². The van der Waals surface area contributed by atoms with Crippen LogP contribution in [0.4, 0.5) is 0 Å². The molecule has 0 fully saturated rings. The van der Waals surface area contributed by atoms with E-state index in [1.807, 2.05) is 22.7 Å². The van der Waals surface area contributed by atoms with E-state index in [0.717, 1.165) is 27.9 Å². The predicted octanol–water partition coefficient (Wildman–Crippen LogP) is 16.6. The fraction of sp³-hybridized carbons (Fsp3) is 0.0182. The molecule has 0 aliphatic heterocycles. The van der Waals surface area contributed by atoms with Crippen molar-refractivity contribution in [2.24, 2.45) is 0 Å². The third-order valence-corrected chi connectivity index (χ3v) is 14.3. The van der Waals surface area contributed by atoms with Crippen molar-refractivity contribution in [3.63, 3.8) is 0 Å². The van der Waals surface area contributed by atoms with Crippen LogP contribution in [-0.4, -0.2) is 9.13 Å². The lowest BCUT2D eigenvalue weighted by Gasteiger charge is -2.13. The summed E-state index contributed by atoms with van der Waals surface area (Å²) in [6.07, 6.45) is 6.57. The van der Waals surface area contributed by atoms with Gasteiger partial charge in [-0.15, -0.1) is 22.7 Å². The van der Waals surface area contributed by atoms with Gasteiger partial charge in [-0.1, -0.05) is 110 Å². The van der Waals surface area contributed by atoms with Crippen LogP contribution in [0, 0.1) is 0 Å². The quantitative estimate of drug-likeness (QED) is 0.149. The molecule has 0 aliphatic carbocycles. The molecule has 0 saturated heterocycles. The number of allylic oxidation sites excluding steroid dienone is 5. The molecule has 12 aromatic rings. The summed E-state index contributed by atoms with van der Waals surface area (Å²) in [5.41, 5.74) is 11.4. The molecule has 0 aliphatic rings. The van der Waals surface area contributed by atoms with E-state index in [2.05, 4.69) is 204 Å². The largest absolute Gasteiger partial charge is 0.310 e. The van der Waals surface area contributed by atoms with E-state index in [9.17, 15) is 0 Å². The van der Waals surface area contributed by atoms with Gasteiger partial charge in [0.1, 0.15) is 0 Å². The van der Waals surface area contributed by atoms with Crippen LogP contribution < -0.4 is 0 Å². The second-order valence-corrected chi connectivity index (χ2v) is 17.5. The molecule has 0 spiro atoms. The van der Waals surface area contributed by atoms with E-state index >= 15 is 0 Å². The zero-order valence-corrected chi connectivity index (χ0v) is 33.9. The van der Waals surface area contributed by atoms with Crippen molar-refractivity contribution in [1.29, 1.82) is 0 Å². The van der Waals surface area contributed by atoms with Gasteiger partial charge in [-0.2, -0.15) is 0 Å². The topological polar surface area (TPSA) is 9.86 Å². The van der Waals surface area contributed by atoms with E-state index in [1.165, 1.54) is 89.7 Å². The molecule has 4 aromatic heterocycles. The summed E-state index contributed by atoms with van der Waals surface area (Å²) in [6.45, 7) is 6.85. The number of thiophene rings is 2. The van der Waals surface area contributed by atoms with Crippen molar-refractivity contribution in [2.75, 3.05) is 0 Å².